The number of benzene rings is 1. The summed E-state index contributed by atoms with van der Waals surface area (Å²) in [6.45, 7) is 0. The van der Waals surface area contributed by atoms with Crippen molar-refractivity contribution in [1.29, 1.82) is 0 Å². The fourth-order valence-electron chi connectivity index (χ4n) is 1.77. The van der Waals surface area contributed by atoms with Gasteiger partial charge < -0.3 is 5.73 Å². The van der Waals surface area contributed by atoms with Crippen molar-refractivity contribution in [3.63, 3.8) is 0 Å². The van der Waals surface area contributed by atoms with Crippen molar-refractivity contribution in [3.8, 4) is 22.5 Å². The van der Waals surface area contributed by atoms with Crippen LogP contribution in [0, 0.1) is 0 Å². The fraction of sp³-hybridized carbons (Fsp3) is 0. The summed E-state index contributed by atoms with van der Waals surface area (Å²) < 4.78 is 0. The first-order valence-electron chi connectivity index (χ1n) is 5.39. The van der Waals surface area contributed by atoms with Gasteiger partial charge >= 0.3 is 0 Å². The van der Waals surface area contributed by atoms with Crippen LogP contribution in [-0.2, 0) is 0 Å². The molecule has 3 N–H and O–H groups in total. The van der Waals surface area contributed by atoms with Crippen LogP contribution in [0.25, 0.3) is 22.5 Å². The Morgan fingerprint density at radius 1 is 1.00 bits per heavy atom. The van der Waals surface area contributed by atoms with Gasteiger partial charge in [-0.15, -0.1) is 10.2 Å². The van der Waals surface area contributed by atoms with Gasteiger partial charge in [-0.25, -0.2) is 4.98 Å². The molecular weight excluding hydrogens is 228 g/mol. The highest BCUT2D eigenvalue weighted by atomic mass is 15.5. The van der Waals surface area contributed by atoms with E-state index >= 15 is 0 Å². The van der Waals surface area contributed by atoms with Crippen LogP contribution in [0.15, 0.2) is 42.6 Å². The van der Waals surface area contributed by atoms with E-state index < -0.39 is 0 Å². The first kappa shape index (κ1) is 10.4. The number of aromatic amines is 1. The third kappa shape index (κ3) is 1.80. The van der Waals surface area contributed by atoms with Gasteiger partial charge in [0, 0.05) is 17.3 Å². The molecule has 0 saturated heterocycles. The van der Waals surface area contributed by atoms with Crippen molar-refractivity contribution in [3.05, 3.63) is 42.6 Å². The predicted molar refractivity (Wildman–Crippen MR) is 67.3 cm³/mol. The van der Waals surface area contributed by atoms with Crippen LogP contribution in [0.3, 0.4) is 0 Å². The van der Waals surface area contributed by atoms with Gasteiger partial charge in [0.15, 0.2) is 0 Å². The molecule has 0 aliphatic carbocycles. The molecule has 0 radical (unpaired) electrons. The average Bonchev–Trinajstić information content (AvgIpc) is 2.93. The number of H-pyrrole nitrogens is 1. The van der Waals surface area contributed by atoms with E-state index in [0.29, 0.717) is 11.6 Å². The molecule has 18 heavy (non-hydrogen) atoms. The molecule has 1 aromatic carbocycles. The normalized spacial score (nSPS) is 10.4. The van der Waals surface area contributed by atoms with E-state index in [0.717, 1.165) is 16.7 Å². The van der Waals surface area contributed by atoms with E-state index in [1.54, 1.807) is 12.3 Å². The predicted octanol–water partition coefficient (Wildman–Crippen LogP) is 1.51. The topological polar surface area (TPSA) is 93.4 Å². The van der Waals surface area contributed by atoms with Crippen LogP contribution in [0.4, 0.5) is 5.82 Å². The molecule has 88 valence electrons. The SMILES string of the molecule is Nc1ccc(-c2ccccc2-c2nn[nH]n2)cn1. The summed E-state index contributed by atoms with van der Waals surface area (Å²) in [5.74, 6) is 1.05. The number of nitrogens with one attached hydrogen (secondary N) is 1. The minimum absolute atomic E-state index is 0.496. The molecule has 0 aliphatic rings. The van der Waals surface area contributed by atoms with E-state index in [9.17, 15) is 0 Å². The van der Waals surface area contributed by atoms with Crippen molar-refractivity contribution in [2.45, 2.75) is 0 Å². The lowest BCUT2D eigenvalue weighted by Gasteiger charge is -2.06. The maximum Gasteiger partial charge on any atom is 0.205 e. The monoisotopic (exact) mass is 238 g/mol. The third-order valence-electron chi connectivity index (χ3n) is 2.61. The highest BCUT2D eigenvalue weighted by molar-refractivity contribution is 5.80. The zero-order chi connectivity index (χ0) is 12.4. The molecule has 0 amide bonds. The minimum Gasteiger partial charge on any atom is -0.384 e. The van der Waals surface area contributed by atoms with Crippen molar-refractivity contribution >= 4 is 5.82 Å². The van der Waals surface area contributed by atoms with Crippen LogP contribution in [0.2, 0.25) is 0 Å². The van der Waals surface area contributed by atoms with Crippen LogP contribution >= 0.6 is 0 Å². The van der Waals surface area contributed by atoms with Gasteiger partial charge in [0.2, 0.25) is 5.82 Å². The number of anilines is 1. The number of pyridine rings is 1. The zero-order valence-electron chi connectivity index (χ0n) is 9.41. The Balaban J connectivity index is 2.15. The van der Waals surface area contributed by atoms with Gasteiger partial charge in [-0.05, 0) is 22.9 Å². The Morgan fingerprint density at radius 2 is 1.83 bits per heavy atom. The Labute approximate surface area is 103 Å². The van der Waals surface area contributed by atoms with Crippen LogP contribution in [0.1, 0.15) is 0 Å². The second-order valence-electron chi connectivity index (χ2n) is 3.75. The lowest BCUT2D eigenvalue weighted by atomic mass is 10.0. The summed E-state index contributed by atoms with van der Waals surface area (Å²) in [7, 11) is 0. The van der Waals surface area contributed by atoms with E-state index in [1.807, 2.05) is 30.3 Å². The van der Waals surface area contributed by atoms with E-state index in [4.69, 9.17) is 5.73 Å². The summed E-state index contributed by atoms with van der Waals surface area (Å²) in [4.78, 5) is 4.09. The number of nitrogens with zero attached hydrogens (tertiary/aromatic N) is 4. The maximum absolute atomic E-state index is 5.59. The van der Waals surface area contributed by atoms with Crippen molar-refractivity contribution in [2.75, 3.05) is 5.73 Å². The smallest absolute Gasteiger partial charge is 0.205 e. The summed E-state index contributed by atoms with van der Waals surface area (Å²) in [5, 5.41) is 14.0. The largest absolute Gasteiger partial charge is 0.384 e. The summed E-state index contributed by atoms with van der Waals surface area (Å²) in [5.41, 5.74) is 8.44. The molecule has 0 spiro atoms. The van der Waals surface area contributed by atoms with Crippen LogP contribution in [-0.4, -0.2) is 25.6 Å². The molecule has 6 heteroatoms. The van der Waals surface area contributed by atoms with Gasteiger partial charge in [0.1, 0.15) is 5.82 Å². The lowest BCUT2D eigenvalue weighted by molar-refractivity contribution is 0.881. The second kappa shape index (κ2) is 4.25. The molecule has 0 aliphatic heterocycles. The number of hydrogen-bond donors (Lipinski definition) is 2. The number of nitrogen functional groups attached to an aromatic ring is 1. The second-order valence-corrected chi connectivity index (χ2v) is 3.75. The van der Waals surface area contributed by atoms with Crippen molar-refractivity contribution in [1.82, 2.24) is 25.6 Å². The summed E-state index contributed by atoms with van der Waals surface area (Å²) in [6.07, 6.45) is 1.73. The molecule has 6 nitrogen and oxygen atoms in total. The number of nitrogens with two attached hydrogens (primary N) is 1. The number of aromatic nitrogens is 5. The molecule has 3 aromatic rings. The summed E-state index contributed by atoms with van der Waals surface area (Å²) >= 11 is 0. The summed E-state index contributed by atoms with van der Waals surface area (Å²) in [6, 6.07) is 11.5. The number of tetrazole rings is 1. The fourth-order valence-corrected chi connectivity index (χ4v) is 1.77. The van der Waals surface area contributed by atoms with Gasteiger partial charge in [-0.2, -0.15) is 5.21 Å². The molecule has 0 fully saturated rings. The minimum atomic E-state index is 0.496. The van der Waals surface area contributed by atoms with Crippen molar-refractivity contribution in [2.24, 2.45) is 0 Å². The van der Waals surface area contributed by atoms with Crippen LogP contribution in [0.5, 0.6) is 0 Å². The van der Waals surface area contributed by atoms with E-state index in [1.165, 1.54) is 0 Å². The van der Waals surface area contributed by atoms with Gasteiger partial charge in [0.05, 0.1) is 0 Å². The standard InChI is InChI=1S/C12H10N6/c13-11-6-5-8(7-14-11)9-3-1-2-4-10(9)12-15-17-18-16-12/h1-7H,(H2,13,14)(H,15,16,17,18). The number of rotatable bonds is 2. The Bertz CT molecular complexity index is 645. The molecule has 2 heterocycles. The molecule has 0 saturated carbocycles. The molecular formula is C12H10N6. The number of hydrogen-bond acceptors (Lipinski definition) is 5. The van der Waals surface area contributed by atoms with Crippen LogP contribution < -0.4 is 5.73 Å². The Hall–Kier alpha value is -2.76. The highest BCUT2D eigenvalue weighted by Gasteiger charge is 2.10. The third-order valence-corrected chi connectivity index (χ3v) is 2.61. The first-order valence-corrected chi connectivity index (χ1v) is 5.39. The lowest BCUT2D eigenvalue weighted by Crippen LogP contribution is -1.91. The van der Waals surface area contributed by atoms with Gasteiger partial charge in [-0.3, -0.25) is 0 Å². The molecule has 0 atom stereocenters. The van der Waals surface area contributed by atoms with E-state index in [-0.39, 0.29) is 0 Å². The molecule has 3 rings (SSSR count). The van der Waals surface area contributed by atoms with Crippen molar-refractivity contribution < 1.29 is 0 Å². The average molecular weight is 238 g/mol. The molecule has 0 bridgehead atoms. The quantitative estimate of drug-likeness (QED) is 0.705. The Kier molecular flexibility index (Phi) is 2.45. The Morgan fingerprint density at radius 3 is 2.50 bits per heavy atom. The highest BCUT2D eigenvalue weighted by Crippen LogP contribution is 2.29. The van der Waals surface area contributed by atoms with Gasteiger partial charge in [0.25, 0.3) is 0 Å². The zero-order valence-corrected chi connectivity index (χ0v) is 9.41. The molecule has 2 aromatic heterocycles. The maximum atomic E-state index is 5.59. The van der Waals surface area contributed by atoms with Gasteiger partial charge in [-0.1, -0.05) is 24.3 Å². The first-order chi connectivity index (χ1) is 8.84. The van der Waals surface area contributed by atoms with E-state index in [2.05, 4.69) is 25.6 Å². The molecule has 0 unspecified atom stereocenters.